The highest BCUT2D eigenvalue weighted by Gasteiger charge is 2.15. The molecule has 1 atom stereocenters. The zero-order valence-electron chi connectivity index (χ0n) is 14.2. The lowest BCUT2D eigenvalue weighted by Gasteiger charge is -2.15. The van der Waals surface area contributed by atoms with E-state index in [1.165, 1.54) is 24.7 Å². The van der Waals surface area contributed by atoms with Crippen LogP contribution in [0.4, 0.5) is 4.39 Å². The predicted octanol–water partition coefficient (Wildman–Crippen LogP) is 1.92. The number of benzene rings is 1. The van der Waals surface area contributed by atoms with Gasteiger partial charge in [0.1, 0.15) is 5.82 Å². The van der Waals surface area contributed by atoms with Gasteiger partial charge in [-0.15, -0.1) is 0 Å². The average molecular weight is 352 g/mol. The number of aliphatic imine (C=N–C) groups is 1. The first-order valence-electron chi connectivity index (χ1n) is 8.20. The Bertz CT molecular complexity index is 588. The highest BCUT2D eigenvalue weighted by molar-refractivity contribution is 8.00. The van der Waals surface area contributed by atoms with Gasteiger partial charge in [-0.3, -0.25) is 9.79 Å². The van der Waals surface area contributed by atoms with Gasteiger partial charge in [-0.25, -0.2) is 4.39 Å². The van der Waals surface area contributed by atoms with Crippen molar-refractivity contribution >= 4 is 23.6 Å². The molecule has 1 aliphatic rings. The van der Waals surface area contributed by atoms with Crippen molar-refractivity contribution < 1.29 is 9.18 Å². The third-order valence-electron chi connectivity index (χ3n) is 3.88. The molecule has 132 valence electrons. The zero-order valence-corrected chi connectivity index (χ0v) is 15.0. The maximum atomic E-state index is 13.5. The van der Waals surface area contributed by atoms with Crippen molar-refractivity contribution in [2.24, 2.45) is 4.99 Å². The van der Waals surface area contributed by atoms with E-state index in [2.05, 4.69) is 20.9 Å². The van der Waals surface area contributed by atoms with Crippen LogP contribution in [-0.2, 0) is 0 Å². The summed E-state index contributed by atoms with van der Waals surface area (Å²) in [5.74, 6) is 1.33. The Morgan fingerprint density at radius 2 is 2.12 bits per heavy atom. The fraction of sp³-hybridized carbons (Fsp3) is 0.529. The molecule has 0 radical (unpaired) electrons. The molecule has 1 heterocycles. The normalized spacial score (nSPS) is 17.6. The molecule has 1 aliphatic heterocycles. The van der Waals surface area contributed by atoms with E-state index in [0.717, 1.165) is 12.5 Å². The number of amides is 1. The summed E-state index contributed by atoms with van der Waals surface area (Å²) in [4.78, 5) is 16.1. The molecular formula is C17H25FN4OS. The van der Waals surface area contributed by atoms with Gasteiger partial charge >= 0.3 is 0 Å². The molecular weight excluding hydrogens is 327 g/mol. The van der Waals surface area contributed by atoms with E-state index in [-0.39, 0.29) is 11.7 Å². The third-order valence-corrected chi connectivity index (χ3v) is 5.28. The lowest BCUT2D eigenvalue weighted by molar-refractivity contribution is 0.0954. The lowest BCUT2D eigenvalue weighted by Crippen LogP contribution is -2.43. The molecule has 7 heteroatoms. The number of guanidine groups is 1. The molecule has 0 aromatic heterocycles. The Balaban J connectivity index is 1.67. The Hall–Kier alpha value is -1.76. The molecule has 3 N–H and O–H groups in total. The number of hydrogen-bond donors (Lipinski definition) is 3. The van der Waals surface area contributed by atoms with E-state index in [0.29, 0.717) is 29.5 Å². The maximum absolute atomic E-state index is 13.5. The summed E-state index contributed by atoms with van der Waals surface area (Å²) in [5, 5.41) is 9.88. The second kappa shape index (κ2) is 9.52. The van der Waals surface area contributed by atoms with Crippen molar-refractivity contribution in [1.29, 1.82) is 0 Å². The third kappa shape index (κ3) is 5.70. The molecule has 1 fully saturated rings. The average Bonchev–Trinajstić information content (AvgIpc) is 3.10. The first kappa shape index (κ1) is 18.6. The summed E-state index contributed by atoms with van der Waals surface area (Å²) in [5.41, 5.74) is 0.863. The Morgan fingerprint density at radius 3 is 2.79 bits per heavy atom. The molecule has 24 heavy (non-hydrogen) atoms. The van der Waals surface area contributed by atoms with Gasteiger partial charge in [0.2, 0.25) is 0 Å². The van der Waals surface area contributed by atoms with Crippen LogP contribution in [0.1, 0.15) is 28.8 Å². The molecule has 1 amide bonds. The molecule has 5 nitrogen and oxygen atoms in total. The minimum Gasteiger partial charge on any atom is -0.355 e. The number of hydrogen-bond acceptors (Lipinski definition) is 3. The molecule has 1 unspecified atom stereocenters. The topological polar surface area (TPSA) is 65.5 Å². The number of carbonyl (C=O) groups is 1. The molecule has 0 saturated carbocycles. The Kier molecular flexibility index (Phi) is 7.36. The first-order chi connectivity index (χ1) is 11.6. The van der Waals surface area contributed by atoms with Gasteiger partial charge in [-0.05, 0) is 43.2 Å². The van der Waals surface area contributed by atoms with Crippen LogP contribution in [0.2, 0.25) is 0 Å². The van der Waals surface area contributed by atoms with E-state index < -0.39 is 0 Å². The largest absolute Gasteiger partial charge is 0.355 e. The van der Waals surface area contributed by atoms with Gasteiger partial charge in [-0.2, -0.15) is 11.8 Å². The van der Waals surface area contributed by atoms with Crippen molar-refractivity contribution in [3.05, 3.63) is 35.1 Å². The number of aryl methyl sites for hydroxylation is 1. The number of carbonyl (C=O) groups excluding carboxylic acids is 1. The second-order valence-electron chi connectivity index (χ2n) is 5.73. The monoisotopic (exact) mass is 352 g/mol. The summed E-state index contributed by atoms with van der Waals surface area (Å²) < 4.78 is 13.5. The number of nitrogens with one attached hydrogen (secondary N) is 3. The lowest BCUT2D eigenvalue weighted by atomic mass is 10.1. The standard InChI is InChI=1S/C17H25FN4OS/c1-12-5-6-13(10-15(12)18)16(23)20-7-8-21-17(19-2)22-11-14-4-3-9-24-14/h5-6,10,14H,3-4,7-9,11H2,1-2H3,(H,20,23)(H2,19,21,22). The zero-order chi connectivity index (χ0) is 17.4. The van der Waals surface area contributed by atoms with E-state index in [1.54, 1.807) is 26.1 Å². The van der Waals surface area contributed by atoms with Gasteiger partial charge in [0, 0.05) is 37.5 Å². The second-order valence-corrected chi connectivity index (χ2v) is 7.14. The van der Waals surface area contributed by atoms with Gasteiger partial charge in [0.15, 0.2) is 5.96 Å². The summed E-state index contributed by atoms with van der Waals surface area (Å²) in [6.07, 6.45) is 2.53. The van der Waals surface area contributed by atoms with Gasteiger partial charge < -0.3 is 16.0 Å². The summed E-state index contributed by atoms with van der Waals surface area (Å²) in [7, 11) is 1.73. The molecule has 0 bridgehead atoms. The Morgan fingerprint density at radius 1 is 1.33 bits per heavy atom. The van der Waals surface area contributed by atoms with E-state index in [1.807, 2.05) is 11.8 Å². The van der Waals surface area contributed by atoms with E-state index in [9.17, 15) is 9.18 Å². The minimum absolute atomic E-state index is 0.277. The quantitative estimate of drug-likeness (QED) is 0.416. The molecule has 0 aliphatic carbocycles. The van der Waals surface area contributed by atoms with Crippen LogP contribution in [0.15, 0.2) is 23.2 Å². The van der Waals surface area contributed by atoms with Crippen molar-refractivity contribution in [3.8, 4) is 0 Å². The predicted molar refractivity (Wildman–Crippen MR) is 98.3 cm³/mol. The van der Waals surface area contributed by atoms with Crippen molar-refractivity contribution in [1.82, 2.24) is 16.0 Å². The van der Waals surface area contributed by atoms with Gasteiger partial charge in [0.25, 0.3) is 5.91 Å². The summed E-state index contributed by atoms with van der Waals surface area (Å²) in [6, 6.07) is 4.49. The van der Waals surface area contributed by atoms with Crippen molar-refractivity contribution in [2.45, 2.75) is 25.0 Å². The van der Waals surface area contributed by atoms with Crippen LogP contribution >= 0.6 is 11.8 Å². The van der Waals surface area contributed by atoms with Crippen LogP contribution < -0.4 is 16.0 Å². The fourth-order valence-corrected chi connectivity index (χ4v) is 3.63. The summed E-state index contributed by atoms with van der Waals surface area (Å²) in [6.45, 7) is 3.56. The molecule has 1 aromatic rings. The van der Waals surface area contributed by atoms with Crippen LogP contribution in [0.5, 0.6) is 0 Å². The molecule has 2 rings (SSSR count). The smallest absolute Gasteiger partial charge is 0.251 e. The van der Waals surface area contributed by atoms with Gasteiger partial charge in [-0.1, -0.05) is 6.07 Å². The van der Waals surface area contributed by atoms with Crippen molar-refractivity contribution in [3.63, 3.8) is 0 Å². The number of halogens is 1. The molecule has 1 saturated heterocycles. The highest BCUT2D eigenvalue weighted by atomic mass is 32.2. The summed E-state index contributed by atoms with van der Waals surface area (Å²) >= 11 is 1.99. The molecule has 1 aromatic carbocycles. The minimum atomic E-state index is -0.366. The van der Waals surface area contributed by atoms with E-state index >= 15 is 0 Å². The highest BCUT2D eigenvalue weighted by Crippen LogP contribution is 2.25. The Labute approximate surface area is 146 Å². The van der Waals surface area contributed by atoms with E-state index in [4.69, 9.17) is 0 Å². The maximum Gasteiger partial charge on any atom is 0.251 e. The van der Waals surface area contributed by atoms with Crippen LogP contribution in [0, 0.1) is 12.7 Å². The van der Waals surface area contributed by atoms with Gasteiger partial charge in [0.05, 0.1) is 0 Å². The molecule has 0 spiro atoms. The number of thioether (sulfide) groups is 1. The first-order valence-corrected chi connectivity index (χ1v) is 9.25. The van der Waals surface area contributed by atoms with Crippen LogP contribution in [0.3, 0.4) is 0 Å². The van der Waals surface area contributed by atoms with Crippen LogP contribution in [0.25, 0.3) is 0 Å². The van der Waals surface area contributed by atoms with Crippen LogP contribution in [-0.4, -0.2) is 49.6 Å². The number of nitrogens with zero attached hydrogens (tertiary/aromatic N) is 1. The SMILES string of the molecule is CN=C(NCCNC(=O)c1ccc(C)c(F)c1)NCC1CCCS1. The van der Waals surface area contributed by atoms with Crippen molar-refractivity contribution in [2.75, 3.05) is 32.4 Å². The fourth-order valence-electron chi connectivity index (χ4n) is 2.43. The number of rotatable bonds is 6.